The molecule has 0 bridgehead atoms. The van der Waals surface area contributed by atoms with E-state index in [4.69, 9.17) is 9.47 Å². The second-order valence-corrected chi connectivity index (χ2v) is 3.67. The van der Waals surface area contributed by atoms with Gasteiger partial charge in [0.05, 0.1) is 0 Å². The molecular weight excluding hydrogens is 154 g/mol. The zero-order valence-corrected chi connectivity index (χ0v) is 8.42. The average Bonchev–Trinajstić information content (AvgIpc) is 2.25. The highest BCUT2D eigenvalue weighted by Gasteiger charge is 2.39. The fourth-order valence-electron chi connectivity index (χ4n) is 1.21. The Morgan fingerprint density at radius 3 is 2.25 bits per heavy atom. The van der Waals surface area contributed by atoms with Gasteiger partial charge in [0.1, 0.15) is 11.4 Å². The number of ether oxygens (including phenoxy) is 2. The third-order valence-corrected chi connectivity index (χ3v) is 1.90. The predicted octanol–water partition coefficient (Wildman–Crippen LogP) is 1.56. The lowest BCUT2D eigenvalue weighted by molar-refractivity contribution is -0.154. The van der Waals surface area contributed by atoms with E-state index in [1.807, 2.05) is 45.8 Å². The summed E-state index contributed by atoms with van der Waals surface area (Å²) >= 11 is 0. The van der Waals surface area contributed by atoms with Crippen molar-refractivity contribution in [3.05, 3.63) is 11.8 Å². The highest BCUT2D eigenvalue weighted by Crippen LogP contribution is 2.32. The third-order valence-electron chi connectivity index (χ3n) is 1.90. The van der Waals surface area contributed by atoms with Crippen LogP contribution in [0.1, 0.15) is 20.8 Å². The number of rotatable bonds is 1. The summed E-state index contributed by atoms with van der Waals surface area (Å²) in [7, 11) is 3.86. The summed E-state index contributed by atoms with van der Waals surface area (Å²) in [5, 5.41) is 0. The van der Waals surface area contributed by atoms with Crippen LogP contribution in [-0.4, -0.2) is 31.0 Å². The molecule has 1 fully saturated rings. The molecule has 70 valence electrons. The van der Waals surface area contributed by atoms with Crippen molar-refractivity contribution in [1.82, 2.24) is 4.90 Å². The van der Waals surface area contributed by atoms with Crippen LogP contribution in [-0.2, 0) is 9.47 Å². The summed E-state index contributed by atoms with van der Waals surface area (Å²) in [6.07, 6.45) is 1.70. The van der Waals surface area contributed by atoms with E-state index in [9.17, 15) is 0 Å². The van der Waals surface area contributed by atoms with Crippen molar-refractivity contribution >= 4 is 0 Å². The Kier molecular flexibility index (Phi) is 2.44. The van der Waals surface area contributed by atoms with Gasteiger partial charge in [0.2, 0.25) is 0 Å². The van der Waals surface area contributed by atoms with Gasteiger partial charge in [0, 0.05) is 0 Å². The van der Waals surface area contributed by atoms with Gasteiger partial charge in [0.25, 0.3) is 6.41 Å². The molecule has 1 atom stereocenters. The molecule has 0 aliphatic carbocycles. The molecule has 12 heavy (non-hydrogen) atoms. The Bertz CT molecular complexity index is 197. The minimum absolute atomic E-state index is 0.244. The van der Waals surface area contributed by atoms with Crippen LogP contribution < -0.4 is 0 Å². The van der Waals surface area contributed by atoms with Crippen molar-refractivity contribution in [2.75, 3.05) is 14.1 Å². The lowest BCUT2D eigenvalue weighted by Gasteiger charge is -2.18. The van der Waals surface area contributed by atoms with E-state index in [-0.39, 0.29) is 12.0 Å². The van der Waals surface area contributed by atoms with Gasteiger partial charge in [-0.1, -0.05) is 0 Å². The first-order valence-electron chi connectivity index (χ1n) is 4.15. The monoisotopic (exact) mass is 171 g/mol. The van der Waals surface area contributed by atoms with Crippen molar-refractivity contribution in [1.29, 1.82) is 0 Å². The number of hydrogen-bond acceptors (Lipinski definition) is 3. The van der Waals surface area contributed by atoms with Crippen LogP contribution in [0, 0.1) is 0 Å². The van der Waals surface area contributed by atoms with E-state index >= 15 is 0 Å². The molecule has 0 N–H and O–H groups in total. The quantitative estimate of drug-likeness (QED) is 0.597. The molecule has 1 aliphatic heterocycles. The van der Waals surface area contributed by atoms with Crippen LogP contribution in [0.5, 0.6) is 0 Å². The highest BCUT2D eigenvalue weighted by molar-refractivity contribution is 5.09. The number of allylic oxidation sites excluding steroid dienone is 1. The van der Waals surface area contributed by atoms with Gasteiger partial charge in [-0.25, -0.2) is 0 Å². The molecule has 1 heterocycles. The Balaban J connectivity index is 2.74. The second kappa shape index (κ2) is 3.07. The Hall–Kier alpha value is -0.540. The molecule has 1 aliphatic rings. The molecule has 1 unspecified atom stereocenters. The number of nitrogens with zero attached hydrogens (tertiary/aromatic N) is 1. The van der Waals surface area contributed by atoms with Gasteiger partial charge >= 0.3 is 0 Å². The van der Waals surface area contributed by atoms with E-state index in [2.05, 4.69) is 0 Å². The molecule has 0 saturated carbocycles. The van der Waals surface area contributed by atoms with Crippen molar-refractivity contribution in [2.45, 2.75) is 32.8 Å². The average molecular weight is 171 g/mol. The van der Waals surface area contributed by atoms with Crippen LogP contribution in [0.3, 0.4) is 0 Å². The van der Waals surface area contributed by atoms with E-state index in [0.717, 1.165) is 5.76 Å². The molecule has 3 heteroatoms. The van der Waals surface area contributed by atoms with Crippen LogP contribution in [0.15, 0.2) is 11.8 Å². The van der Waals surface area contributed by atoms with Crippen LogP contribution in [0.2, 0.25) is 0 Å². The maximum atomic E-state index is 5.65. The van der Waals surface area contributed by atoms with E-state index in [0.29, 0.717) is 0 Å². The summed E-state index contributed by atoms with van der Waals surface area (Å²) in [5.74, 6) is 0.904. The summed E-state index contributed by atoms with van der Waals surface area (Å²) in [6.45, 7) is 5.97. The zero-order valence-electron chi connectivity index (χ0n) is 8.42. The third kappa shape index (κ3) is 1.62. The fourth-order valence-corrected chi connectivity index (χ4v) is 1.21. The second-order valence-electron chi connectivity index (χ2n) is 3.67. The summed E-state index contributed by atoms with van der Waals surface area (Å²) in [6, 6.07) is 0. The SMILES string of the molecule is C/C=C1\OC(N(C)C)OC1(C)C. The normalized spacial score (nSPS) is 31.2. The predicted molar refractivity (Wildman–Crippen MR) is 47.5 cm³/mol. The highest BCUT2D eigenvalue weighted by atomic mass is 16.8. The van der Waals surface area contributed by atoms with Crippen molar-refractivity contribution in [3.63, 3.8) is 0 Å². The lowest BCUT2D eigenvalue weighted by Crippen LogP contribution is -2.31. The molecule has 1 saturated heterocycles. The van der Waals surface area contributed by atoms with Crippen LogP contribution >= 0.6 is 0 Å². The minimum Gasteiger partial charge on any atom is -0.453 e. The van der Waals surface area contributed by atoms with E-state index in [1.54, 1.807) is 0 Å². The van der Waals surface area contributed by atoms with Gasteiger partial charge in [0.15, 0.2) is 0 Å². The molecule has 1 rings (SSSR count). The standard InChI is InChI=1S/C9H17NO2/c1-6-7-9(2,3)12-8(11-7)10(4)5/h6,8H,1-5H3/b7-6-. The molecule has 0 spiro atoms. The smallest absolute Gasteiger partial charge is 0.262 e. The topological polar surface area (TPSA) is 21.7 Å². The van der Waals surface area contributed by atoms with Gasteiger partial charge in [-0.05, 0) is 40.9 Å². The van der Waals surface area contributed by atoms with Gasteiger partial charge in [-0.3, -0.25) is 4.90 Å². The first kappa shape index (κ1) is 9.55. The Labute approximate surface area is 74.0 Å². The fraction of sp³-hybridized carbons (Fsp3) is 0.778. The molecule has 0 radical (unpaired) electrons. The minimum atomic E-state index is -0.288. The molecule has 0 aromatic carbocycles. The largest absolute Gasteiger partial charge is 0.453 e. The van der Waals surface area contributed by atoms with Crippen LogP contribution in [0.4, 0.5) is 0 Å². The van der Waals surface area contributed by atoms with Crippen molar-refractivity contribution < 1.29 is 9.47 Å². The summed E-state index contributed by atoms with van der Waals surface area (Å²) in [4.78, 5) is 1.90. The van der Waals surface area contributed by atoms with Gasteiger partial charge in [-0.2, -0.15) is 0 Å². The summed E-state index contributed by atoms with van der Waals surface area (Å²) in [5.41, 5.74) is -0.288. The molecule has 0 amide bonds. The van der Waals surface area contributed by atoms with Gasteiger partial charge in [-0.15, -0.1) is 0 Å². The Morgan fingerprint density at radius 1 is 1.42 bits per heavy atom. The molecule has 3 nitrogen and oxygen atoms in total. The molecule has 0 aromatic heterocycles. The maximum Gasteiger partial charge on any atom is 0.262 e. The van der Waals surface area contributed by atoms with Gasteiger partial charge < -0.3 is 9.47 Å². The maximum absolute atomic E-state index is 5.65. The van der Waals surface area contributed by atoms with E-state index in [1.165, 1.54) is 0 Å². The van der Waals surface area contributed by atoms with Crippen molar-refractivity contribution in [2.24, 2.45) is 0 Å². The first-order chi connectivity index (χ1) is 5.47. The van der Waals surface area contributed by atoms with Crippen molar-refractivity contribution in [3.8, 4) is 0 Å². The van der Waals surface area contributed by atoms with Crippen LogP contribution in [0.25, 0.3) is 0 Å². The molecular formula is C9H17NO2. The molecule has 0 aromatic rings. The first-order valence-corrected chi connectivity index (χ1v) is 4.15. The zero-order chi connectivity index (χ0) is 9.35. The van der Waals surface area contributed by atoms with E-state index < -0.39 is 0 Å². The lowest BCUT2D eigenvalue weighted by atomic mass is 10.1. The number of hydrogen-bond donors (Lipinski definition) is 0. The summed E-state index contributed by atoms with van der Waals surface area (Å²) < 4.78 is 11.2. The Morgan fingerprint density at radius 2 is 2.00 bits per heavy atom.